The van der Waals surface area contributed by atoms with Gasteiger partial charge >= 0.3 is 0 Å². The summed E-state index contributed by atoms with van der Waals surface area (Å²) in [5.41, 5.74) is 5.64. The molecule has 0 amide bonds. The maximum atomic E-state index is 5.58. The topological polar surface area (TPSA) is 53.6 Å². The zero-order valence-corrected chi connectivity index (χ0v) is 11.0. The van der Waals surface area contributed by atoms with Crippen molar-refractivity contribution in [1.82, 2.24) is 10.3 Å². The van der Waals surface area contributed by atoms with Crippen LogP contribution >= 0.6 is 0 Å². The summed E-state index contributed by atoms with van der Waals surface area (Å²) in [6.07, 6.45) is 3.16. The van der Waals surface area contributed by atoms with Gasteiger partial charge in [0.05, 0.1) is 0 Å². The Morgan fingerprint density at radius 2 is 1.89 bits per heavy atom. The molecule has 0 aromatic heterocycles. The quantitative estimate of drug-likeness (QED) is 0.358. The third kappa shape index (κ3) is 3.01. The van der Waals surface area contributed by atoms with Gasteiger partial charge < -0.3 is 4.90 Å². The van der Waals surface area contributed by atoms with E-state index in [9.17, 15) is 0 Å². The van der Waals surface area contributed by atoms with Crippen molar-refractivity contribution in [1.29, 1.82) is 0 Å². The van der Waals surface area contributed by atoms with Crippen molar-refractivity contribution in [3.63, 3.8) is 0 Å². The van der Waals surface area contributed by atoms with Crippen LogP contribution in [0.3, 0.4) is 0 Å². The summed E-state index contributed by atoms with van der Waals surface area (Å²) in [6.45, 7) is 4.90. The van der Waals surface area contributed by atoms with Gasteiger partial charge in [-0.1, -0.05) is 31.2 Å². The lowest BCUT2D eigenvalue weighted by molar-refractivity contribution is 0.421. The Morgan fingerprint density at radius 1 is 1.28 bits per heavy atom. The predicted octanol–water partition coefficient (Wildman–Crippen LogP) is 1.32. The van der Waals surface area contributed by atoms with Gasteiger partial charge in [0.25, 0.3) is 0 Å². The lowest BCUT2D eigenvalue weighted by Crippen LogP contribution is -2.46. The first-order chi connectivity index (χ1) is 8.85. The molecule has 1 aliphatic rings. The van der Waals surface area contributed by atoms with Crippen molar-refractivity contribution in [2.45, 2.75) is 26.2 Å². The molecule has 0 saturated carbocycles. The number of hydrazine groups is 1. The number of fused-ring (bicyclic) bond motifs is 1. The number of aliphatic imine (C=N–C) groups is 1. The molecule has 1 heterocycles. The zero-order chi connectivity index (χ0) is 12.8. The average Bonchev–Trinajstić information content (AvgIpc) is 2.63. The van der Waals surface area contributed by atoms with E-state index >= 15 is 0 Å². The van der Waals surface area contributed by atoms with Gasteiger partial charge in [-0.2, -0.15) is 0 Å². The monoisotopic (exact) mass is 246 g/mol. The van der Waals surface area contributed by atoms with E-state index in [0.717, 1.165) is 44.9 Å². The third-order valence-electron chi connectivity index (χ3n) is 3.33. The van der Waals surface area contributed by atoms with Crippen molar-refractivity contribution in [3.05, 3.63) is 35.4 Å². The molecule has 98 valence electrons. The second-order valence-electron chi connectivity index (χ2n) is 4.61. The van der Waals surface area contributed by atoms with Gasteiger partial charge in [-0.3, -0.25) is 10.4 Å². The van der Waals surface area contributed by atoms with Crippen LogP contribution in [-0.4, -0.2) is 30.5 Å². The number of nitrogens with two attached hydrogens (primary N) is 1. The molecule has 0 saturated heterocycles. The molecule has 1 aromatic carbocycles. The van der Waals surface area contributed by atoms with Gasteiger partial charge in [-0.15, -0.1) is 0 Å². The summed E-state index contributed by atoms with van der Waals surface area (Å²) in [7, 11) is 0. The number of guanidine groups is 1. The fourth-order valence-electron chi connectivity index (χ4n) is 2.33. The smallest absolute Gasteiger partial charge is 0.208 e. The van der Waals surface area contributed by atoms with Gasteiger partial charge in [0.2, 0.25) is 5.96 Å². The first-order valence-electron chi connectivity index (χ1n) is 6.68. The molecule has 4 heteroatoms. The Kier molecular flexibility index (Phi) is 4.59. The molecular weight excluding hydrogens is 224 g/mol. The van der Waals surface area contributed by atoms with Crippen molar-refractivity contribution >= 4 is 5.96 Å². The van der Waals surface area contributed by atoms with Gasteiger partial charge in [-0.25, -0.2) is 5.84 Å². The molecule has 0 radical (unpaired) electrons. The Hall–Kier alpha value is -1.55. The average molecular weight is 246 g/mol. The second-order valence-corrected chi connectivity index (χ2v) is 4.61. The fourth-order valence-corrected chi connectivity index (χ4v) is 2.33. The normalized spacial score (nSPS) is 16.1. The molecule has 18 heavy (non-hydrogen) atoms. The number of nitrogens with zero attached hydrogens (tertiary/aromatic N) is 2. The summed E-state index contributed by atoms with van der Waals surface area (Å²) in [6, 6.07) is 8.67. The van der Waals surface area contributed by atoms with E-state index in [2.05, 4.69) is 46.5 Å². The third-order valence-corrected chi connectivity index (χ3v) is 3.33. The highest BCUT2D eigenvalue weighted by molar-refractivity contribution is 5.79. The van der Waals surface area contributed by atoms with E-state index in [1.54, 1.807) is 0 Å². The van der Waals surface area contributed by atoms with Gasteiger partial charge in [-0.05, 0) is 30.4 Å². The highest BCUT2D eigenvalue weighted by Crippen LogP contribution is 2.15. The summed E-state index contributed by atoms with van der Waals surface area (Å²) in [5, 5.41) is 0. The van der Waals surface area contributed by atoms with E-state index in [1.165, 1.54) is 11.1 Å². The molecular formula is C14H22N4. The van der Waals surface area contributed by atoms with E-state index in [-0.39, 0.29) is 0 Å². The summed E-state index contributed by atoms with van der Waals surface area (Å²) in [4.78, 5) is 6.74. The zero-order valence-electron chi connectivity index (χ0n) is 11.0. The molecule has 0 spiro atoms. The first kappa shape index (κ1) is 12.9. The maximum absolute atomic E-state index is 5.58. The van der Waals surface area contributed by atoms with Gasteiger partial charge in [0.15, 0.2) is 0 Å². The van der Waals surface area contributed by atoms with E-state index in [1.807, 2.05) is 0 Å². The lowest BCUT2D eigenvalue weighted by atomic mass is 10.0. The first-order valence-corrected chi connectivity index (χ1v) is 6.68. The number of hydrogen-bond donors (Lipinski definition) is 2. The van der Waals surface area contributed by atoms with E-state index < -0.39 is 0 Å². The Morgan fingerprint density at radius 3 is 2.39 bits per heavy atom. The van der Waals surface area contributed by atoms with Crippen molar-refractivity contribution in [2.75, 3.05) is 19.6 Å². The molecule has 4 nitrogen and oxygen atoms in total. The van der Waals surface area contributed by atoms with Crippen LogP contribution in [-0.2, 0) is 12.8 Å². The largest absolute Gasteiger partial charge is 0.341 e. The molecule has 3 N–H and O–H groups in total. The highest BCUT2D eigenvalue weighted by Gasteiger charge is 2.15. The van der Waals surface area contributed by atoms with Crippen LogP contribution in [0.15, 0.2) is 29.3 Å². The molecule has 0 atom stereocenters. The summed E-state index contributed by atoms with van der Waals surface area (Å²) >= 11 is 0. The minimum atomic E-state index is 0.822. The molecule has 1 aliphatic heterocycles. The van der Waals surface area contributed by atoms with E-state index in [0.29, 0.717) is 0 Å². The standard InChI is InChI=1S/C14H22N4/c1-2-9-16-14(17-15)18-10-7-12-5-3-4-6-13(12)8-11-18/h3-6H,2,7-11,15H2,1H3,(H,16,17). The van der Waals surface area contributed by atoms with Gasteiger partial charge in [0.1, 0.15) is 0 Å². The maximum Gasteiger partial charge on any atom is 0.208 e. The van der Waals surface area contributed by atoms with Crippen LogP contribution < -0.4 is 11.3 Å². The fraction of sp³-hybridized carbons (Fsp3) is 0.500. The number of benzene rings is 1. The van der Waals surface area contributed by atoms with Crippen molar-refractivity contribution in [3.8, 4) is 0 Å². The molecule has 0 aliphatic carbocycles. The molecule has 0 bridgehead atoms. The summed E-state index contributed by atoms with van der Waals surface area (Å²) < 4.78 is 0. The van der Waals surface area contributed by atoms with Crippen LogP contribution in [0.5, 0.6) is 0 Å². The van der Waals surface area contributed by atoms with Gasteiger partial charge in [0, 0.05) is 19.6 Å². The molecule has 0 unspecified atom stereocenters. The number of nitrogens with one attached hydrogen (secondary N) is 1. The molecule has 1 aromatic rings. The predicted molar refractivity (Wildman–Crippen MR) is 75.3 cm³/mol. The van der Waals surface area contributed by atoms with Crippen LogP contribution in [0.25, 0.3) is 0 Å². The minimum absolute atomic E-state index is 0.822. The Bertz CT molecular complexity index is 387. The van der Waals surface area contributed by atoms with Crippen molar-refractivity contribution < 1.29 is 0 Å². The Labute approximate surface area is 109 Å². The second kappa shape index (κ2) is 6.40. The SMILES string of the molecule is CCCN=C(NN)N1CCc2ccccc2CC1. The van der Waals surface area contributed by atoms with Crippen LogP contribution in [0.4, 0.5) is 0 Å². The van der Waals surface area contributed by atoms with Crippen molar-refractivity contribution in [2.24, 2.45) is 10.8 Å². The minimum Gasteiger partial charge on any atom is -0.341 e. The molecule has 2 rings (SSSR count). The summed E-state index contributed by atoms with van der Waals surface area (Å²) in [5.74, 6) is 6.40. The molecule has 0 fully saturated rings. The van der Waals surface area contributed by atoms with Crippen LogP contribution in [0.1, 0.15) is 24.5 Å². The highest BCUT2D eigenvalue weighted by atomic mass is 15.4. The van der Waals surface area contributed by atoms with Crippen LogP contribution in [0.2, 0.25) is 0 Å². The van der Waals surface area contributed by atoms with E-state index in [4.69, 9.17) is 5.84 Å². The lowest BCUT2D eigenvalue weighted by Gasteiger charge is -2.23. The number of rotatable bonds is 2. The van der Waals surface area contributed by atoms with Crippen LogP contribution in [0, 0.1) is 0 Å². The Balaban J connectivity index is 2.07. The number of hydrogen-bond acceptors (Lipinski definition) is 2.